The smallest absolute Gasteiger partial charge is 0.336 e. The minimum atomic E-state index is -3.46. The van der Waals surface area contributed by atoms with E-state index in [4.69, 9.17) is 5.11 Å². The summed E-state index contributed by atoms with van der Waals surface area (Å²) in [6.45, 7) is 2.19. The molecule has 15 heavy (non-hydrogen) atoms. The number of aliphatic hydroxyl groups is 1. The minimum absolute atomic E-state index is 0.386. The van der Waals surface area contributed by atoms with E-state index in [0.29, 0.717) is 6.42 Å². The fraction of sp³-hybridized carbons (Fsp3) is 1.00. The van der Waals surface area contributed by atoms with E-state index >= 15 is 0 Å². The molecule has 0 unspecified atom stereocenters. The zero-order valence-electron chi connectivity index (χ0n) is 9.77. The predicted octanol–water partition coefficient (Wildman–Crippen LogP) is 4.49. The molecular formula is C12H24F2O. The Kier molecular flexibility index (Phi) is 8.97. The summed E-state index contributed by atoms with van der Waals surface area (Å²) >= 11 is 0. The lowest BCUT2D eigenvalue weighted by molar-refractivity contribution is -0.203. The molecule has 0 heterocycles. The standard InChI is InChI=1S/C12H24F2O/c1-2-3-4-5-6-7-8-9-10-11-12(13,14)15/h15H,2-11H2,1H3. The summed E-state index contributed by atoms with van der Waals surface area (Å²) in [5.74, 6) is 0. The molecule has 0 atom stereocenters. The molecule has 92 valence electrons. The molecule has 0 aliphatic heterocycles. The highest BCUT2D eigenvalue weighted by molar-refractivity contribution is 4.51. The Morgan fingerprint density at radius 3 is 1.60 bits per heavy atom. The van der Waals surface area contributed by atoms with Crippen LogP contribution in [0.15, 0.2) is 0 Å². The summed E-state index contributed by atoms with van der Waals surface area (Å²) < 4.78 is 24.0. The maximum absolute atomic E-state index is 12.0. The average molecular weight is 222 g/mol. The Hall–Kier alpha value is -0.180. The van der Waals surface area contributed by atoms with Crippen LogP contribution in [0.5, 0.6) is 0 Å². The second-order valence-electron chi connectivity index (χ2n) is 4.24. The zero-order valence-corrected chi connectivity index (χ0v) is 9.77. The van der Waals surface area contributed by atoms with Crippen molar-refractivity contribution in [1.29, 1.82) is 0 Å². The minimum Gasteiger partial charge on any atom is -0.336 e. The molecule has 0 saturated carbocycles. The molecule has 0 radical (unpaired) electrons. The van der Waals surface area contributed by atoms with Crippen molar-refractivity contribution >= 4 is 0 Å². The summed E-state index contributed by atoms with van der Waals surface area (Å²) in [7, 11) is 0. The van der Waals surface area contributed by atoms with Gasteiger partial charge in [0.25, 0.3) is 0 Å². The van der Waals surface area contributed by atoms with Crippen molar-refractivity contribution in [1.82, 2.24) is 0 Å². The van der Waals surface area contributed by atoms with E-state index < -0.39 is 6.11 Å². The van der Waals surface area contributed by atoms with Crippen molar-refractivity contribution in [3.63, 3.8) is 0 Å². The van der Waals surface area contributed by atoms with Crippen molar-refractivity contribution in [2.75, 3.05) is 0 Å². The molecule has 1 N–H and O–H groups in total. The van der Waals surface area contributed by atoms with Crippen LogP contribution < -0.4 is 0 Å². The van der Waals surface area contributed by atoms with Crippen LogP contribution in [0.2, 0.25) is 0 Å². The number of hydrogen-bond acceptors (Lipinski definition) is 1. The Morgan fingerprint density at radius 2 is 1.20 bits per heavy atom. The summed E-state index contributed by atoms with van der Waals surface area (Å²) in [5, 5.41) is 8.18. The van der Waals surface area contributed by atoms with Crippen molar-refractivity contribution in [2.24, 2.45) is 0 Å². The first-order valence-corrected chi connectivity index (χ1v) is 6.16. The molecule has 0 aliphatic rings. The van der Waals surface area contributed by atoms with Gasteiger partial charge in [-0.25, -0.2) is 0 Å². The van der Waals surface area contributed by atoms with E-state index in [0.717, 1.165) is 19.3 Å². The van der Waals surface area contributed by atoms with Crippen LogP contribution in [-0.4, -0.2) is 11.2 Å². The topological polar surface area (TPSA) is 20.2 Å². The highest BCUT2D eigenvalue weighted by Gasteiger charge is 2.22. The molecule has 0 aromatic rings. The fourth-order valence-corrected chi connectivity index (χ4v) is 1.65. The third-order valence-corrected chi connectivity index (χ3v) is 2.58. The van der Waals surface area contributed by atoms with Gasteiger partial charge in [0.1, 0.15) is 0 Å². The van der Waals surface area contributed by atoms with Crippen LogP contribution >= 0.6 is 0 Å². The van der Waals surface area contributed by atoms with Gasteiger partial charge in [-0.1, -0.05) is 58.3 Å². The summed E-state index contributed by atoms with van der Waals surface area (Å²) in [5.41, 5.74) is 0. The largest absolute Gasteiger partial charge is 0.353 e. The molecule has 0 aromatic heterocycles. The highest BCUT2D eigenvalue weighted by atomic mass is 19.3. The number of alkyl halides is 2. The van der Waals surface area contributed by atoms with Gasteiger partial charge in [0, 0.05) is 6.42 Å². The second-order valence-corrected chi connectivity index (χ2v) is 4.24. The van der Waals surface area contributed by atoms with E-state index in [1.165, 1.54) is 32.1 Å². The van der Waals surface area contributed by atoms with Gasteiger partial charge >= 0.3 is 6.11 Å². The first-order chi connectivity index (χ1) is 7.06. The van der Waals surface area contributed by atoms with E-state index in [-0.39, 0.29) is 6.42 Å². The van der Waals surface area contributed by atoms with Crippen molar-refractivity contribution in [3.05, 3.63) is 0 Å². The molecule has 0 amide bonds. The number of unbranched alkanes of at least 4 members (excludes halogenated alkanes) is 8. The van der Waals surface area contributed by atoms with Gasteiger partial charge in [0.2, 0.25) is 0 Å². The maximum Gasteiger partial charge on any atom is 0.353 e. The van der Waals surface area contributed by atoms with E-state index in [9.17, 15) is 8.78 Å². The first-order valence-electron chi connectivity index (χ1n) is 6.16. The number of halogens is 2. The molecule has 0 spiro atoms. The number of rotatable bonds is 10. The normalized spacial score (nSPS) is 12.0. The highest BCUT2D eigenvalue weighted by Crippen LogP contribution is 2.18. The van der Waals surface area contributed by atoms with Crippen LogP contribution in [0, 0.1) is 0 Å². The van der Waals surface area contributed by atoms with Crippen LogP contribution in [0.4, 0.5) is 8.78 Å². The van der Waals surface area contributed by atoms with Crippen LogP contribution in [0.1, 0.15) is 71.1 Å². The molecule has 1 nitrogen and oxygen atoms in total. The van der Waals surface area contributed by atoms with Crippen molar-refractivity contribution < 1.29 is 13.9 Å². The summed E-state index contributed by atoms with van der Waals surface area (Å²) in [6, 6.07) is 0. The van der Waals surface area contributed by atoms with Crippen molar-refractivity contribution in [2.45, 2.75) is 77.2 Å². The van der Waals surface area contributed by atoms with Gasteiger partial charge in [-0.05, 0) is 6.42 Å². The van der Waals surface area contributed by atoms with E-state index in [1.54, 1.807) is 0 Å². The Labute approximate surface area is 91.9 Å². The van der Waals surface area contributed by atoms with Gasteiger partial charge in [0.05, 0.1) is 0 Å². The molecule has 0 saturated heterocycles. The zero-order chi connectivity index (χ0) is 11.6. The Morgan fingerprint density at radius 1 is 0.800 bits per heavy atom. The summed E-state index contributed by atoms with van der Waals surface area (Å²) in [6.07, 6.45) is 5.89. The van der Waals surface area contributed by atoms with Gasteiger partial charge in [-0.15, -0.1) is 0 Å². The predicted molar refractivity (Wildman–Crippen MR) is 59.0 cm³/mol. The molecule has 0 fully saturated rings. The molecule has 0 aliphatic carbocycles. The quantitative estimate of drug-likeness (QED) is 0.540. The van der Waals surface area contributed by atoms with Crippen LogP contribution in [0.3, 0.4) is 0 Å². The monoisotopic (exact) mass is 222 g/mol. The van der Waals surface area contributed by atoms with Gasteiger partial charge in [-0.3, -0.25) is 0 Å². The lowest BCUT2D eigenvalue weighted by Crippen LogP contribution is -2.13. The third-order valence-electron chi connectivity index (χ3n) is 2.58. The van der Waals surface area contributed by atoms with Gasteiger partial charge in [0.15, 0.2) is 0 Å². The Bertz CT molecular complexity index is 132. The van der Waals surface area contributed by atoms with E-state index in [1.807, 2.05) is 0 Å². The lowest BCUT2D eigenvalue weighted by Gasteiger charge is -2.07. The SMILES string of the molecule is CCCCCCCCCCCC(O)(F)F. The fourth-order valence-electron chi connectivity index (χ4n) is 1.65. The van der Waals surface area contributed by atoms with Crippen LogP contribution in [0.25, 0.3) is 0 Å². The molecular weight excluding hydrogens is 198 g/mol. The first kappa shape index (κ1) is 14.8. The average Bonchev–Trinajstić information content (AvgIpc) is 2.14. The van der Waals surface area contributed by atoms with Gasteiger partial charge < -0.3 is 5.11 Å². The molecule has 3 heteroatoms. The molecule has 0 rings (SSSR count). The third kappa shape index (κ3) is 13.8. The molecule has 0 bridgehead atoms. The van der Waals surface area contributed by atoms with E-state index in [2.05, 4.69) is 6.92 Å². The van der Waals surface area contributed by atoms with Gasteiger partial charge in [-0.2, -0.15) is 8.78 Å². The second kappa shape index (κ2) is 9.08. The lowest BCUT2D eigenvalue weighted by atomic mass is 10.1. The summed E-state index contributed by atoms with van der Waals surface area (Å²) in [4.78, 5) is 0. The number of hydrogen-bond donors (Lipinski definition) is 1. The van der Waals surface area contributed by atoms with Crippen LogP contribution in [-0.2, 0) is 0 Å². The molecule has 0 aromatic carbocycles. The van der Waals surface area contributed by atoms with Crippen molar-refractivity contribution in [3.8, 4) is 0 Å². The Balaban J connectivity index is 2.99. The maximum atomic E-state index is 12.0.